The van der Waals surface area contributed by atoms with Gasteiger partial charge in [-0.3, -0.25) is 14.6 Å². The van der Waals surface area contributed by atoms with E-state index < -0.39 is 0 Å². The van der Waals surface area contributed by atoms with Crippen LogP contribution in [0.1, 0.15) is 27.7 Å². The van der Waals surface area contributed by atoms with Crippen LogP contribution in [0.15, 0.2) is 0 Å². The molecular formula is C15H32N4O. The van der Waals surface area contributed by atoms with Crippen molar-refractivity contribution in [2.75, 3.05) is 52.9 Å². The summed E-state index contributed by atoms with van der Waals surface area (Å²) in [6, 6.07) is 0.535. The zero-order valence-corrected chi connectivity index (χ0v) is 13.9. The quantitative estimate of drug-likeness (QED) is 0.738. The van der Waals surface area contributed by atoms with Crippen LogP contribution in [0.25, 0.3) is 0 Å². The first-order chi connectivity index (χ1) is 9.41. The van der Waals surface area contributed by atoms with E-state index in [0.717, 1.165) is 39.3 Å². The lowest BCUT2D eigenvalue weighted by molar-refractivity contribution is -0.135. The van der Waals surface area contributed by atoms with Crippen LogP contribution in [-0.2, 0) is 4.79 Å². The van der Waals surface area contributed by atoms with Gasteiger partial charge in [0.1, 0.15) is 0 Å². The number of nitrogens with zero attached hydrogens (tertiary/aromatic N) is 3. The molecule has 5 heteroatoms. The van der Waals surface area contributed by atoms with E-state index in [2.05, 4.69) is 42.8 Å². The van der Waals surface area contributed by atoms with Crippen molar-refractivity contribution in [1.82, 2.24) is 20.0 Å². The molecule has 1 fully saturated rings. The highest BCUT2D eigenvalue weighted by Crippen LogP contribution is 2.06. The van der Waals surface area contributed by atoms with Crippen molar-refractivity contribution in [3.8, 4) is 0 Å². The van der Waals surface area contributed by atoms with Gasteiger partial charge in [-0.25, -0.2) is 0 Å². The molecule has 1 aliphatic rings. The molecule has 0 radical (unpaired) electrons. The third kappa shape index (κ3) is 5.77. The van der Waals surface area contributed by atoms with E-state index in [-0.39, 0.29) is 18.0 Å². The maximum atomic E-state index is 12.3. The molecule has 118 valence electrons. The summed E-state index contributed by atoms with van der Waals surface area (Å²) in [5.41, 5.74) is 0. The van der Waals surface area contributed by atoms with E-state index in [1.54, 1.807) is 0 Å². The average Bonchev–Trinajstić information content (AvgIpc) is 2.36. The lowest BCUT2D eigenvalue weighted by atomic mass is 10.2. The molecule has 0 aromatic rings. The zero-order valence-electron chi connectivity index (χ0n) is 13.9. The van der Waals surface area contributed by atoms with Gasteiger partial charge in [0.15, 0.2) is 0 Å². The summed E-state index contributed by atoms with van der Waals surface area (Å²) in [5, 5.41) is 3.36. The number of piperazine rings is 1. The number of hydrogen-bond acceptors (Lipinski definition) is 4. The monoisotopic (exact) mass is 284 g/mol. The van der Waals surface area contributed by atoms with Gasteiger partial charge in [-0.2, -0.15) is 0 Å². The van der Waals surface area contributed by atoms with Gasteiger partial charge in [-0.15, -0.1) is 0 Å². The third-order valence-electron chi connectivity index (χ3n) is 3.81. The van der Waals surface area contributed by atoms with Gasteiger partial charge in [-0.1, -0.05) is 0 Å². The van der Waals surface area contributed by atoms with Crippen LogP contribution < -0.4 is 5.32 Å². The van der Waals surface area contributed by atoms with Crippen LogP contribution in [-0.4, -0.2) is 85.6 Å². The Labute approximate surface area is 124 Å². The number of nitrogens with one attached hydrogen (secondary N) is 1. The summed E-state index contributed by atoms with van der Waals surface area (Å²) in [7, 11) is 2.04. The minimum Gasteiger partial charge on any atom is -0.337 e. The first-order valence-electron chi connectivity index (χ1n) is 7.84. The van der Waals surface area contributed by atoms with Gasteiger partial charge in [0, 0.05) is 51.4 Å². The zero-order chi connectivity index (χ0) is 15.1. The van der Waals surface area contributed by atoms with Crippen molar-refractivity contribution in [3.63, 3.8) is 0 Å². The fourth-order valence-electron chi connectivity index (χ4n) is 2.81. The maximum Gasteiger partial charge on any atom is 0.237 e. The molecule has 1 heterocycles. The molecule has 5 nitrogen and oxygen atoms in total. The summed E-state index contributed by atoms with van der Waals surface area (Å²) in [6.45, 7) is 15.2. The highest BCUT2D eigenvalue weighted by molar-refractivity contribution is 5.78. The second-order valence-corrected chi connectivity index (χ2v) is 6.32. The molecule has 1 saturated heterocycles. The van der Waals surface area contributed by atoms with Gasteiger partial charge in [0.05, 0.1) is 6.54 Å². The maximum absolute atomic E-state index is 12.3. The number of carbonyl (C=O) groups is 1. The fraction of sp³-hybridized carbons (Fsp3) is 0.933. The van der Waals surface area contributed by atoms with Gasteiger partial charge in [0.2, 0.25) is 5.91 Å². The van der Waals surface area contributed by atoms with Crippen molar-refractivity contribution >= 4 is 5.91 Å². The average molecular weight is 284 g/mol. The Morgan fingerprint density at radius 1 is 1.15 bits per heavy atom. The molecule has 1 rings (SSSR count). The molecule has 0 aromatic carbocycles. The number of likely N-dealkylation sites (N-methyl/N-ethyl adjacent to an activating group) is 1. The third-order valence-corrected chi connectivity index (χ3v) is 3.81. The van der Waals surface area contributed by atoms with Gasteiger partial charge < -0.3 is 10.2 Å². The summed E-state index contributed by atoms with van der Waals surface area (Å²) in [6.07, 6.45) is 0. The molecule has 20 heavy (non-hydrogen) atoms. The van der Waals surface area contributed by atoms with E-state index in [9.17, 15) is 4.79 Å². The highest BCUT2D eigenvalue weighted by Gasteiger charge is 2.21. The summed E-state index contributed by atoms with van der Waals surface area (Å²) >= 11 is 0. The van der Waals surface area contributed by atoms with Gasteiger partial charge >= 0.3 is 0 Å². The van der Waals surface area contributed by atoms with Crippen LogP contribution in [0.3, 0.4) is 0 Å². The smallest absolute Gasteiger partial charge is 0.237 e. The van der Waals surface area contributed by atoms with E-state index in [1.165, 1.54) is 0 Å². The second-order valence-electron chi connectivity index (χ2n) is 6.32. The first kappa shape index (κ1) is 17.4. The summed E-state index contributed by atoms with van der Waals surface area (Å²) in [5.74, 6) is 0.234. The number of carbonyl (C=O) groups excluding carboxylic acids is 1. The second kappa shape index (κ2) is 8.60. The lowest BCUT2D eigenvalue weighted by Crippen LogP contribution is -2.49. The number of hydrogen-bond donors (Lipinski definition) is 1. The minimum absolute atomic E-state index is 0.234. The van der Waals surface area contributed by atoms with E-state index in [1.807, 2.05) is 11.9 Å². The SMILES string of the molecule is CC(C)N(C(=O)CN(C)CCN1CCNCC1)C(C)C. The van der Waals surface area contributed by atoms with Crippen molar-refractivity contribution in [3.05, 3.63) is 0 Å². The Bertz CT molecular complexity index is 280. The Morgan fingerprint density at radius 3 is 2.20 bits per heavy atom. The predicted octanol–water partition coefficient (Wildman–Crippen LogP) is 0.469. The summed E-state index contributed by atoms with van der Waals surface area (Å²) in [4.78, 5) is 18.9. The molecule has 1 amide bonds. The molecule has 0 unspecified atom stereocenters. The Kier molecular flexibility index (Phi) is 7.48. The standard InChI is InChI=1S/C15H32N4O/c1-13(2)19(14(3)4)15(20)12-17(5)10-11-18-8-6-16-7-9-18/h13-14,16H,6-12H2,1-5H3. The Hall–Kier alpha value is -0.650. The van der Waals surface area contributed by atoms with Crippen LogP contribution in [0.4, 0.5) is 0 Å². The van der Waals surface area contributed by atoms with Crippen molar-refractivity contribution < 1.29 is 4.79 Å². The fourth-order valence-corrected chi connectivity index (χ4v) is 2.81. The van der Waals surface area contributed by atoms with Gasteiger partial charge in [-0.05, 0) is 34.7 Å². The molecule has 0 saturated carbocycles. The van der Waals surface area contributed by atoms with Crippen LogP contribution in [0, 0.1) is 0 Å². The van der Waals surface area contributed by atoms with Crippen LogP contribution in [0.2, 0.25) is 0 Å². The molecule has 1 N–H and O–H groups in total. The van der Waals surface area contributed by atoms with E-state index in [4.69, 9.17) is 0 Å². The number of amides is 1. The highest BCUT2D eigenvalue weighted by atomic mass is 16.2. The normalized spacial score (nSPS) is 17.2. The Balaban J connectivity index is 2.32. The minimum atomic E-state index is 0.234. The van der Waals surface area contributed by atoms with Crippen LogP contribution in [0.5, 0.6) is 0 Å². The first-order valence-corrected chi connectivity index (χ1v) is 7.84. The Morgan fingerprint density at radius 2 is 1.70 bits per heavy atom. The molecule has 0 aromatic heterocycles. The van der Waals surface area contributed by atoms with Gasteiger partial charge in [0.25, 0.3) is 0 Å². The van der Waals surface area contributed by atoms with E-state index >= 15 is 0 Å². The molecule has 0 aliphatic carbocycles. The molecule has 0 atom stereocenters. The van der Waals surface area contributed by atoms with Crippen molar-refractivity contribution in [1.29, 1.82) is 0 Å². The van der Waals surface area contributed by atoms with Crippen molar-refractivity contribution in [2.45, 2.75) is 39.8 Å². The van der Waals surface area contributed by atoms with E-state index in [0.29, 0.717) is 6.54 Å². The molecule has 0 spiro atoms. The summed E-state index contributed by atoms with van der Waals surface area (Å²) < 4.78 is 0. The van der Waals surface area contributed by atoms with Crippen molar-refractivity contribution in [2.24, 2.45) is 0 Å². The lowest BCUT2D eigenvalue weighted by Gasteiger charge is -2.33. The molecule has 1 aliphatic heterocycles. The molecular weight excluding hydrogens is 252 g/mol. The predicted molar refractivity (Wildman–Crippen MR) is 83.9 cm³/mol. The topological polar surface area (TPSA) is 38.8 Å². The van der Waals surface area contributed by atoms with Crippen LogP contribution >= 0.6 is 0 Å². The number of rotatable bonds is 7. The largest absolute Gasteiger partial charge is 0.337 e. The molecule has 0 bridgehead atoms.